The van der Waals surface area contributed by atoms with Crippen LogP contribution in [0.25, 0.3) is 5.57 Å². The molecule has 212 valence electrons. The van der Waals surface area contributed by atoms with Gasteiger partial charge in [-0.25, -0.2) is 4.79 Å². The van der Waals surface area contributed by atoms with Gasteiger partial charge in [0, 0.05) is 31.2 Å². The van der Waals surface area contributed by atoms with Gasteiger partial charge in [-0.15, -0.1) is 0 Å². The molecule has 1 saturated carbocycles. The van der Waals surface area contributed by atoms with Crippen molar-refractivity contribution in [1.29, 1.82) is 0 Å². The number of hydrogen-bond donors (Lipinski definition) is 3. The number of ether oxygens (including phenoxy) is 1. The summed E-state index contributed by atoms with van der Waals surface area (Å²) in [5, 5.41) is 13.8. The molecule has 2 unspecified atom stereocenters. The van der Waals surface area contributed by atoms with Crippen molar-refractivity contribution in [2.75, 3.05) is 20.2 Å². The fourth-order valence-corrected chi connectivity index (χ4v) is 4.57. The zero-order valence-corrected chi connectivity index (χ0v) is 21.0. The highest BCUT2D eigenvalue weighted by Gasteiger charge is 2.56. The van der Waals surface area contributed by atoms with E-state index in [1.54, 1.807) is 19.1 Å². The van der Waals surface area contributed by atoms with Crippen LogP contribution in [0.3, 0.4) is 0 Å². The minimum absolute atomic E-state index is 0.00441. The molecule has 1 aromatic rings. The number of alkyl halides is 6. The first-order valence-electron chi connectivity index (χ1n) is 12.2. The molecule has 0 radical (unpaired) electrons. The first-order valence-corrected chi connectivity index (χ1v) is 12.2. The van der Waals surface area contributed by atoms with Gasteiger partial charge in [0.15, 0.2) is 5.60 Å². The van der Waals surface area contributed by atoms with Crippen LogP contribution in [0.4, 0.5) is 26.3 Å². The van der Waals surface area contributed by atoms with Gasteiger partial charge >= 0.3 is 18.3 Å². The van der Waals surface area contributed by atoms with Crippen LogP contribution >= 0.6 is 0 Å². The minimum atomic E-state index is -5.08. The van der Waals surface area contributed by atoms with Crippen LogP contribution in [0, 0.1) is 5.92 Å². The van der Waals surface area contributed by atoms with Crippen LogP contribution in [0.2, 0.25) is 0 Å². The molecular formula is C26H32F6N2O4. The third-order valence-electron chi connectivity index (χ3n) is 6.55. The molecule has 0 spiro atoms. The molecule has 1 aromatic carbocycles. The molecule has 0 aliphatic heterocycles. The van der Waals surface area contributed by atoms with Crippen LogP contribution in [-0.4, -0.2) is 67.1 Å². The van der Waals surface area contributed by atoms with E-state index in [4.69, 9.17) is 14.6 Å². The third-order valence-corrected chi connectivity index (χ3v) is 6.55. The van der Waals surface area contributed by atoms with E-state index in [1.807, 2.05) is 37.4 Å². The van der Waals surface area contributed by atoms with E-state index in [9.17, 15) is 31.1 Å². The predicted octanol–water partition coefficient (Wildman–Crippen LogP) is 4.92. The van der Waals surface area contributed by atoms with Crippen LogP contribution in [0.5, 0.6) is 0 Å². The molecule has 12 heteroatoms. The second-order valence-electron chi connectivity index (χ2n) is 9.03. The Morgan fingerprint density at radius 1 is 1.00 bits per heavy atom. The van der Waals surface area contributed by atoms with E-state index >= 15 is 0 Å². The van der Waals surface area contributed by atoms with Crippen LogP contribution < -0.4 is 10.6 Å². The average molecular weight is 551 g/mol. The largest absolute Gasteiger partial charge is 0.490 e. The molecule has 2 aliphatic rings. The number of rotatable bonds is 8. The summed E-state index contributed by atoms with van der Waals surface area (Å²) in [7, 11) is 1.95. The van der Waals surface area contributed by atoms with Gasteiger partial charge in [0.1, 0.15) is 0 Å². The Labute approximate surface area is 217 Å². The Bertz CT molecular complexity index is 986. The third kappa shape index (κ3) is 8.40. The molecule has 2 aliphatic carbocycles. The Morgan fingerprint density at radius 3 is 2.03 bits per heavy atom. The van der Waals surface area contributed by atoms with Gasteiger partial charge in [-0.1, -0.05) is 42.5 Å². The fraction of sp³-hybridized carbons (Fsp3) is 0.538. The zero-order chi connectivity index (χ0) is 28.6. The summed E-state index contributed by atoms with van der Waals surface area (Å²) in [6, 6.07) is 10.1. The van der Waals surface area contributed by atoms with Gasteiger partial charge in [0.2, 0.25) is 0 Å². The van der Waals surface area contributed by atoms with E-state index in [2.05, 4.69) is 10.6 Å². The predicted molar refractivity (Wildman–Crippen MR) is 129 cm³/mol. The molecule has 0 bridgehead atoms. The van der Waals surface area contributed by atoms with E-state index in [-0.39, 0.29) is 19.2 Å². The van der Waals surface area contributed by atoms with E-state index in [0.29, 0.717) is 6.04 Å². The maximum atomic E-state index is 13.6. The number of carboxylic acid groups (broad SMARTS) is 1. The second kappa shape index (κ2) is 13.4. The topological polar surface area (TPSA) is 87.7 Å². The lowest BCUT2D eigenvalue weighted by molar-refractivity contribution is -0.193. The van der Waals surface area contributed by atoms with Crippen LogP contribution in [0.1, 0.15) is 38.2 Å². The molecule has 3 N–H and O–H groups in total. The summed E-state index contributed by atoms with van der Waals surface area (Å²) in [6.07, 6.45) is -1.52. The Kier molecular flexibility index (Phi) is 11.1. The second-order valence-corrected chi connectivity index (χ2v) is 9.03. The summed E-state index contributed by atoms with van der Waals surface area (Å²) >= 11 is 0. The number of nitrogens with one attached hydrogen (secondary N) is 2. The van der Waals surface area contributed by atoms with Crippen LogP contribution in [-0.2, 0) is 14.3 Å². The highest BCUT2D eigenvalue weighted by atomic mass is 19.4. The molecule has 2 atom stereocenters. The maximum absolute atomic E-state index is 13.6. The zero-order valence-electron chi connectivity index (χ0n) is 21.0. The van der Waals surface area contributed by atoms with Crippen molar-refractivity contribution in [3.8, 4) is 0 Å². The van der Waals surface area contributed by atoms with Gasteiger partial charge < -0.3 is 20.5 Å². The van der Waals surface area contributed by atoms with Crippen molar-refractivity contribution in [2.45, 2.75) is 62.6 Å². The summed E-state index contributed by atoms with van der Waals surface area (Å²) in [6.45, 7) is 1.85. The summed E-state index contributed by atoms with van der Waals surface area (Å²) < 4.78 is 78.0. The van der Waals surface area contributed by atoms with Gasteiger partial charge in [0.25, 0.3) is 5.78 Å². The van der Waals surface area contributed by atoms with Gasteiger partial charge in [-0.05, 0) is 56.9 Å². The standard InChI is InChI=1S/C24H31F3N2O2.C2HF3O2/c1-3-31-23(22(30)24(25,26)27)14-13-18(17-7-5-4-6-8-17)15-19(23)16-29-21-11-9-20(28-2)10-12-21;3-2(4,5)1(6)7/h4-8,13-15,19-21,28-29H,3,9-12,16H2,1-2H3;(H,6,7). The van der Waals surface area contributed by atoms with Gasteiger partial charge in [-0.3, -0.25) is 4.79 Å². The number of hydrogen-bond acceptors (Lipinski definition) is 5. The number of Topliss-reactive ketones (excluding diaryl/α,β-unsaturated/α-hetero) is 1. The fourth-order valence-electron chi connectivity index (χ4n) is 4.57. The molecule has 0 heterocycles. The number of halogens is 6. The molecule has 3 rings (SSSR count). The molecular weight excluding hydrogens is 518 g/mol. The highest BCUT2D eigenvalue weighted by Crippen LogP contribution is 2.39. The van der Waals surface area contributed by atoms with E-state index < -0.39 is 35.6 Å². The van der Waals surface area contributed by atoms with Crippen molar-refractivity contribution < 1.29 is 45.8 Å². The number of benzene rings is 1. The lowest BCUT2D eigenvalue weighted by Gasteiger charge is -2.39. The number of allylic oxidation sites excluding steroid dienone is 2. The normalized spacial score (nSPS) is 25.7. The van der Waals surface area contributed by atoms with Crippen LogP contribution in [0.15, 0.2) is 48.6 Å². The number of carbonyl (C=O) groups excluding carboxylic acids is 1. The molecule has 0 aromatic heterocycles. The Morgan fingerprint density at radius 2 is 1.55 bits per heavy atom. The van der Waals surface area contributed by atoms with Gasteiger partial charge in [-0.2, -0.15) is 26.3 Å². The lowest BCUT2D eigenvalue weighted by atomic mass is 9.76. The number of carboxylic acids is 1. The number of carbonyl (C=O) groups is 2. The lowest BCUT2D eigenvalue weighted by Crippen LogP contribution is -2.56. The Balaban J connectivity index is 0.000000638. The van der Waals surface area contributed by atoms with E-state index in [1.165, 1.54) is 6.08 Å². The van der Waals surface area contributed by atoms with Crippen molar-refractivity contribution in [3.63, 3.8) is 0 Å². The maximum Gasteiger partial charge on any atom is 0.490 e. The SMILES string of the molecule is CCOC1(C(=O)C(F)(F)F)C=CC(c2ccccc2)=CC1CNC1CCC(NC)CC1.O=C(O)C(F)(F)F. The highest BCUT2D eigenvalue weighted by molar-refractivity contribution is 5.96. The average Bonchev–Trinajstić information content (AvgIpc) is 2.87. The number of ketones is 1. The van der Waals surface area contributed by atoms with Gasteiger partial charge in [0.05, 0.1) is 0 Å². The molecule has 38 heavy (non-hydrogen) atoms. The summed E-state index contributed by atoms with van der Waals surface area (Å²) in [5.41, 5.74) is -0.375. The monoisotopic (exact) mass is 550 g/mol. The summed E-state index contributed by atoms with van der Waals surface area (Å²) in [4.78, 5) is 21.4. The Hall–Kier alpha value is -2.70. The summed E-state index contributed by atoms with van der Waals surface area (Å²) in [5.74, 6) is -5.39. The smallest absolute Gasteiger partial charge is 0.475 e. The van der Waals surface area contributed by atoms with Crippen molar-refractivity contribution in [1.82, 2.24) is 10.6 Å². The van der Waals surface area contributed by atoms with E-state index in [0.717, 1.165) is 36.8 Å². The first-order chi connectivity index (χ1) is 17.7. The molecule has 0 saturated heterocycles. The van der Waals surface area contributed by atoms with Crippen molar-refractivity contribution in [2.24, 2.45) is 5.92 Å². The molecule has 1 fully saturated rings. The molecule has 6 nitrogen and oxygen atoms in total. The van der Waals surface area contributed by atoms with Crippen molar-refractivity contribution >= 4 is 17.3 Å². The first kappa shape index (κ1) is 31.5. The minimum Gasteiger partial charge on any atom is -0.475 e. The number of aliphatic carboxylic acids is 1. The quantitative estimate of drug-likeness (QED) is 0.399. The molecule has 0 amide bonds. The van der Waals surface area contributed by atoms with Crippen molar-refractivity contribution in [3.05, 3.63) is 54.1 Å².